The van der Waals surface area contributed by atoms with Gasteiger partial charge in [0.15, 0.2) is 0 Å². The molecule has 0 saturated heterocycles. The van der Waals surface area contributed by atoms with E-state index < -0.39 is 6.23 Å². The normalized spacial score (nSPS) is 20.2. The van der Waals surface area contributed by atoms with Crippen LogP contribution in [-0.2, 0) is 4.74 Å². The number of nitrogens with two attached hydrogens (primary N) is 2. The highest BCUT2D eigenvalue weighted by Crippen LogP contribution is 1.98. The molecule has 6 nitrogen and oxygen atoms in total. The van der Waals surface area contributed by atoms with Crippen LogP contribution in [0.15, 0.2) is 11.5 Å². The number of ether oxygens (including phenoxy) is 1. The molecule has 1 rings (SSSR count). The summed E-state index contributed by atoms with van der Waals surface area (Å²) < 4.78 is 5.05. The molecule has 1 aliphatic heterocycles. The molecular formula is C6H14N4O2. The van der Waals surface area contributed by atoms with E-state index in [-0.39, 0.29) is 6.54 Å². The van der Waals surface area contributed by atoms with E-state index >= 15 is 0 Å². The van der Waals surface area contributed by atoms with E-state index in [9.17, 15) is 0 Å². The van der Waals surface area contributed by atoms with Gasteiger partial charge < -0.3 is 31.9 Å². The Morgan fingerprint density at radius 2 is 2.50 bits per heavy atom. The Morgan fingerprint density at radius 1 is 1.75 bits per heavy atom. The Balaban J connectivity index is 2.38. The van der Waals surface area contributed by atoms with Crippen LogP contribution in [0.2, 0.25) is 0 Å². The van der Waals surface area contributed by atoms with Crippen LogP contribution in [-0.4, -0.2) is 31.2 Å². The average molecular weight is 174 g/mol. The summed E-state index contributed by atoms with van der Waals surface area (Å²) in [5, 5.41) is 14.4. The molecule has 0 aliphatic carbocycles. The quantitative estimate of drug-likeness (QED) is 0.304. The number of hydrogen-bond donors (Lipinski definition) is 5. The van der Waals surface area contributed by atoms with Gasteiger partial charge in [0.2, 0.25) is 0 Å². The molecule has 1 aliphatic rings. The van der Waals surface area contributed by atoms with Gasteiger partial charge in [0.25, 0.3) is 0 Å². The molecule has 6 heteroatoms. The largest absolute Gasteiger partial charge is 0.384 e. The topological polar surface area (TPSA) is 106 Å². The van der Waals surface area contributed by atoms with E-state index in [1.807, 2.05) is 0 Å². The van der Waals surface area contributed by atoms with Crippen LogP contribution in [0.3, 0.4) is 0 Å². The van der Waals surface area contributed by atoms with Gasteiger partial charge >= 0.3 is 0 Å². The van der Waals surface area contributed by atoms with Crippen molar-refractivity contribution in [3.8, 4) is 0 Å². The van der Waals surface area contributed by atoms with Gasteiger partial charge in [0, 0.05) is 0 Å². The lowest BCUT2D eigenvalue weighted by atomic mass is 10.4. The smallest absolute Gasteiger partial charge is 0.120 e. The maximum atomic E-state index is 8.76. The first kappa shape index (κ1) is 9.11. The Hall–Kier alpha value is -0.980. The summed E-state index contributed by atoms with van der Waals surface area (Å²) in [7, 11) is 0. The van der Waals surface area contributed by atoms with Gasteiger partial charge in [-0.3, -0.25) is 0 Å². The van der Waals surface area contributed by atoms with Gasteiger partial charge in [-0.2, -0.15) is 0 Å². The summed E-state index contributed by atoms with van der Waals surface area (Å²) >= 11 is 0. The Labute approximate surface area is 70.6 Å². The summed E-state index contributed by atoms with van der Waals surface area (Å²) in [5.41, 5.74) is 11.4. The van der Waals surface area contributed by atoms with Gasteiger partial charge in [-0.15, -0.1) is 0 Å². The third-order valence-corrected chi connectivity index (χ3v) is 1.46. The molecule has 1 heterocycles. The summed E-state index contributed by atoms with van der Waals surface area (Å²) in [6.07, 6.45) is -0.882. The van der Waals surface area contributed by atoms with E-state index in [2.05, 4.69) is 10.6 Å². The SMILES string of the molecule is NC1=C(NCC(N)O)COCN1. The Bertz CT molecular complexity index is 180. The zero-order valence-corrected chi connectivity index (χ0v) is 6.71. The lowest BCUT2D eigenvalue weighted by Crippen LogP contribution is -2.40. The molecule has 12 heavy (non-hydrogen) atoms. The van der Waals surface area contributed by atoms with Gasteiger partial charge in [-0.25, -0.2) is 0 Å². The molecule has 0 saturated carbocycles. The van der Waals surface area contributed by atoms with Crippen LogP contribution >= 0.6 is 0 Å². The van der Waals surface area contributed by atoms with Crippen molar-refractivity contribution in [2.45, 2.75) is 6.23 Å². The van der Waals surface area contributed by atoms with Gasteiger partial charge in [-0.1, -0.05) is 0 Å². The fraction of sp³-hybridized carbons (Fsp3) is 0.667. The van der Waals surface area contributed by atoms with Crippen LogP contribution in [0.25, 0.3) is 0 Å². The third kappa shape index (κ3) is 2.57. The molecule has 0 aromatic heterocycles. The molecular weight excluding hydrogens is 160 g/mol. The fourth-order valence-corrected chi connectivity index (χ4v) is 0.840. The predicted octanol–water partition coefficient (Wildman–Crippen LogP) is -2.44. The van der Waals surface area contributed by atoms with Crippen molar-refractivity contribution >= 4 is 0 Å². The Morgan fingerprint density at radius 3 is 3.08 bits per heavy atom. The van der Waals surface area contributed by atoms with Crippen LogP contribution in [0.1, 0.15) is 0 Å². The van der Waals surface area contributed by atoms with Crippen LogP contribution in [0, 0.1) is 0 Å². The molecule has 0 radical (unpaired) electrons. The van der Waals surface area contributed by atoms with Crippen molar-refractivity contribution in [2.75, 3.05) is 19.9 Å². The van der Waals surface area contributed by atoms with Gasteiger partial charge in [-0.05, 0) is 0 Å². The van der Waals surface area contributed by atoms with Crippen molar-refractivity contribution < 1.29 is 9.84 Å². The molecule has 0 aromatic rings. The summed E-state index contributed by atoms with van der Waals surface area (Å²) in [5.74, 6) is 0.543. The minimum absolute atomic E-state index is 0.265. The highest BCUT2D eigenvalue weighted by atomic mass is 16.5. The zero-order chi connectivity index (χ0) is 8.97. The summed E-state index contributed by atoms with van der Waals surface area (Å²) in [6, 6.07) is 0. The minimum atomic E-state index is -0.882. The van der Waals surface area contributed by atoms with Crippen LogP contribution in [0.5, 0.6) is 0 Å². The van der Waals surface area contributed by atoms with E-state index in [4.69, 9.17) is 21.3 Å². The molecule has 0 aromatic carbocycles. The van der Waals surface area contributed by atoms with Gasteiger partial charge in [0.1, 0.15) is 18.8 Å². The standard InChI is InChI=1S/C6H14N4O2/c7-5(11)1-9-4-2-12-3-10-6(4)8/h5,9-11H,1-3,7-8H2. The first-order valence-corrected chi connectivity index (χ1v) is 3.68. The van der Waals surface area contributed by atoms with Gasteiger partial charge in [0.05, 0.1) is 18.8 Å². The monoisotopic (exact) mass is 174 g/mol. The number of rotatable bonds is 3. The van der Waals surface area contributed by atoms with E-state index in [0.717, 1.165) is 5.70 Å². The lowest BCUT2D eigenvalue weighted by molar-refractivity contribution is 0.119. The molecule has 0 spiro atoms. The first-order chi connectivity index (χ1) is 5.70. The van der Waals surface area contributed by atoms with Crippen molar-refractivity contribution in [1.82, 2.24) is 10.6 Å². The van der Waals surface area contributed by atoms with Crippen LogP contribution in [0.4, 0.5) is 0 Å². The molecule has 70 valence electrons. The number of hydrogen-bond acceptors (Lipinski definition) is 6. The highest BCUT2D eigenvalue weighted by Gasteiger charge is 2.09. The molecule has 1 unspecified atom stereocenters. The molecule has 7 N–H and O–H groups in total. The lowest BCUT2D eigenvalue weighted by Gasteiger charge is -2.21. The number of nitrogens with one attached hydrogen (secondary N) is 2. The first-order valence-electron chi connectivity index (χ1n) is 3.68. The second-order valence-electron chi connectivity index (χ2n) is 2.51. The molecule has 0 bridgehead atoms. The van der Waals surface area contributed by atoms with Crippen molar-refractivity contribution in [1.29, 1.82) is 0 Å². The number of aliphatic hydroxyl groups excluding tert-OH is 1. The fourth-order valence-electron chi connectivity index (χ4n) is 0.840. The Kier molecular flexibility index (Phi) is 3.15. The van der Waals surface area contributed by atoms with E-state index in [0.29, 0.717) is 19.2 Å². The third-order valence-electron chi connectivity index (χ3n) is 1.46. The zero-order valence-electron chi connectivity index (χ0n) is 6.71. The van der Waals surface area contributed by atoms with Crippen molar-refractivity contribution in [3.05, 3.63) is 11.5 Å². The average Bonchev–Trinajstić information content (AvgIpc) is 2.03. The minimum Gasteiger partial charge on any atom is -0.384 e. The number of aliphatic hydroxyl groups is 1. The summed E-state index contributed by atoms with van der Waals surface area (Å²) in [6.45, 7) is 1.11. The molecule has 0 amide bonds. The van der Waals surface area contributed by atoms with Crippen molar-refractivity contribution in [2.24, 2.45) is 11.5 Å². The predicted molar refractivity (Wildman–Crippen MR) is 43.4 cm³/mol. The molecule has 1 atom stereocenters. The maximum absolute atomic E-state index is 8.76. The van der Waals surface area contributed by atoms with E-state index in [1.165, 1.54) is 0 Å². The van der Waals surface area contributed by atoms with Crippen molar-refractivity contribution in [3.63, 3.8) is 0 Å². The van der Waals surface area contributed by atoms with E-state index in [1.54, 1.807) is 0 Å². The highest BCUT2D eigenvalue weighted by molar-refractivity contribution is 5.09. The molecule has 0 fully saturated rings. The summed E-state index contributed by atoms with van der Waals surface area (Å²) in [4.78, 5) is 0. The second kappa shape index (κ2) is 4.15. The second-order valence-corrected chi connectivity index (χ2v) is 2.51. The van der Waals surface area contributed by atoms with Crippen LogP contribution < -0.4 is 22.1 Å². The maximum Gasteiger partial charge on any atom is 0.120 e.